The van der Waals surface area contributed by atoms with Crippen LogP contribution in [0.1, 0.15) is 5.56 Å². The van der Waals surface area contributed by atoms with Gasteiger partial charge in [0.1, 0.15) is 0 Å². The molecule has 0 spiro atoms. The van der Waals surface area contributed by atoms with Crippen LogP contribution in [0.25, 0.3) is 0 Å². The third-order valence-corrected chi connectivity index (χ3v) is 2.35. The van der Waals surface area contributed by atoms with E-state index in [4.69, 9.17) is 4.84 Å². The fraction of sp³-hybridized carbons (Fsp3) is 0.364. The van der Waals surface area contributed by atoms with E-state index in [0.717, 1.165) is 19.6 Å². The topological polar surface area (TPSA) is 36.9 Å². The summed E-state index contributed by atoms with van der Waals surface area (Å²) >= 11 is 0. The zero-order valence-electron chi connectivity index (χ0n) is 8.81. The van der Waals surface area contributed by atoms with Crippen LogP contribution in [-0.2, 0) is 11.4 Å². The lowest BCUT2D eigenvalue weighted by Crippen LogP contribution is -2.18. The summed E-state index contributed by atoms with van der Waals surface area (Å²) in [6, 6.07) is 8.36. The van der Waals surface area contributed by atoms with Crippen LogP contribution < -0.4 is 10.4 Å². The Kier molecular flexibility index (Phi) is 3.32. The minimum atomic E-state index is 0.718. The molecule has 4 nitrogen and oxygen atoms in total. The molecule has 1 aromatic carbocycles. The Morgan fingerprint density at radius 3 is 3.20 bits per heavy atom. The van der Waals surface area contributed by atoms with Crippen LogP contribution in [0.3, 0.4) is 0 Å². The Morgan fingerprint density at radius 1 is 1.53 bits per heavy atom. The molecule has 0 saturated carbocycles. The number of nitrogens with zero attached hydrogens (tertiary/aromatic N) is 2. The second kappa shape index (κ2) is 4.91. The summed E-state index contributed by atoms with van der Waals surface area (Å²) in [4.78, 5) is 11.2. The molecule has 1 heterocycles. The molecule has 1 aromatic rings. The van der Waals surface area contributed by atoms with Gasteiger partial charge in [0.05, 0.1) is 20.0 Å². The Bertz CT molecular complexity index is 351. The van der Waals surface area contributed by atoms with Gasteiger partial charge in [0.2, 0.25) is 0 Å². The predicted molar refractivity (Wildman–Crippen MR) is 61.0 cm³/mol. The molecular weight excluding hydrogens is 190 g/mol. The molecule has 1 N–H and O–H groups in total. The maximum absolute atomic E-state index is 4.82. The van der Waals surface area contributed by atoms with E-state index in [1.54, 1.807) is 7.11 Å². The van der Waals surface area contributed by atoms with Gasteiger partial charge in [0.15, 0.2) is 0 Å². The number of rotatable bonds is 4. The molecule has 4 heteroatoms. The molecule has 0 aromatic heterocycles. The summed E-state index contributed by atoms with van der Waals surface area (Å²) in [5.41, 5.74) is 5.22. The van der Waals surface area contributed by atoms with Gasteiger partial charge in [-0.3, -0.25) is 4.99 Å². The molecule has 15 heavy (non-hydrogen) atoms. The fourth-order valence-corrected chi connectivity index (χ4v) is 1.58. The zero-order chi connectivity index (χ0) is 10.5. The average molecular weight is 205 g/mol. The number of hydrogen-bond donors (Lipinski definition) is 1. The van der Waals surface area contributed by atoms with E-state index in [9.17, 15) is 0 Å². The minimum Gasteiger partial charge on any atom is -0.331 e. The van der Waals surface area contributed by atoms with Crippen molar-refractivity contribution in [3.8, 4) is 0 Å². The normalized spacial score (nSPS) is 14.9. The van der Waals surface area contributed by atoms with Gasteiger partial charge in [-0.15, -0.1) is 0 Å². The van der Waals surface area contributed by atoms with Crippen molar-refractivity contribution >= 4 is 12.0 Å². The van der Waals surface area contributed by atoms with E-state index >= 15 is 0 Å². The molecule has 0 radical (unpaired) electrons. The second-order valence-electron chi connectivity index (χ2n) is 3.41. The number of benzene rings is 1. The van der Waals surface area contributed by atoms with Crippen molar-refractivity contribution in [1.82, 2.24) is 5.48 Å². The van der Waals surface area contributed by atoms with Gasteiger partial charge in [-0.1, -0.05) is 12.1 Å². The van der Waals surface area contributed by atoms with Gasteiger partial charge in [0.25, 0.3) is 0 Å². The van der Waals surface area contributed by atoms with Crippen LogP contribution in [0.2, 0.25) is 0 Å². The van der Waals surface area contributed by atoms with Crippen LogP contribution in [-0.4, -0.2) is 26.5 Å². The number of hydrogen-bond acceptors (Lipinski definition) is 4. The molecule has 0 aliphatic carbocycles. The molecule has 0 atom stereocenters. The van der Waals surface area contributed by atoms with Gasteiger partial charge in [-0.2, -0.15) is 5.48 Å². The van der Waals surface area contributed by atoms with E-state index in [0.29, 0.717) is 0 Å². The van der Waals surface area contributed by atoms with Crippen LogP contribution >= 0.6 is 0 Å². The molecule has 2 rings (SSSR count). The zero-order valence-corrected chi connectivity index (χ0v) is 8.81. The minimum absolute atomic E-state index is 0.718. The van der Waals surface area contributed by atoms with E-state index in [-0.39, 0.29) is 0 Å². The van der Waals surface area contributed by atoms with E-state index in [2.05, 4.69) is 33.6 Å². The monoisotopic (exact) mass is 205 g/mol. The molecule has 0 amide bonds. The maximum atomic E-state index is 4.82. The molecule has 1 aliphatic heterocycles. The molecular formula is C11H15N3O. The highest BCUT2D eigenvalue weighted by Gasteiger charge is 2.07. The van der Waals surface area contributed by atoms with E-state index < -0.39 is 0 Å². The first-order valence-corrected chi connectivity index (χ1v) is 5.01. The standard InChI is InChI=1S/C11H15N3O/c1-15-13-8-10-3-2-4-11(7-10)14-6-5-12-9-14/h2-4,7,9,13H,5-6,8H2,1H3. The summed E-state index contributed by atoms with van der Waals surface area (Å²) in [7, 11) is 1.62. The largest absolute Gasteiger partial charge is 0.331 e. The van der Waals surface area contributed by atoms with Gasteiger partial charge >= 0.3 is 0 Å². The van der Waals surface area contributed by atoms with Crippen molar-refractivity contribution in [1.29, 1.82) is 0 Å². The van der Waals surface area contributed by atoms with Crippen molar-refractivity contribution in [3.05, 3.63) is 29.8 Å². The first kappa shape index (κ1) is 10.1. The fourth-order valence-electron chi connectivity index (χ4n) is 1.58. The molecule has 0 bridgehead atoms. The summed E-state index contributed by atoms with van der Waals surface area (Å²) < 4.78 is 0. The summed E-state index contributed by atoms with van der Waals surface area (Å²) in [6.07, 6.45) is 1.89. The molecule has 0 fully saturated rings. The van der Waals surface area contributed by atoms with Crippen molar-refractivity contribution in [2.45, 2.75) is 6.54 Å². The number of anilines is 1. The predicted octanol–water partition coefficient (Wildman–Crippen LogP) is 1.19. The highest BCUT2D eigenvalue weighted by atomic mass is 16.6. The van der Waals surface area contributed by atoms with E-state index in [1.165, 1.54) is 11.3 Å². The smallest absolute Gasteiger partial charge is 0.0895 e. The Hall–Kier alpha value is -1.39. The highest BCUT2D eigenvalue weighted by Crippen LogP contribution is 2.16. The maximum Gasteiger partial charge on any atom is 0.0895 e. The van der Waals surface area contributed by atoms with Gasteiger partial charge in [0, 0.05) is 18.8 Å². The molecule has 0 saturated heterocycles. The summed E-state index contributed by atoms with van der Waals surface area (Å²) in [6.45, 7) is 2.58. The van der Waals surface area contributed by atoms with Crippen LogP contribution in [0.15, 0.2) is 29.3 Å². The number of aliphatic imine (C=N–C) groups is 1. The number of hydroxylamine groups is 1. The van der Waals surface area contributed by atoms with E-state index in [1.807, 2.05) is 12.4 Å². The highest BCUT2D eigenvalue weighted by molar-refractivity contribution is 5.81. The molecule has 0 unspecified atom stereocenters. The Morgan fingerprint density at radius 2 is 2.47 bits per heavy atom. The number of nitrogens with one attached hydrogen (secondary N) is 1. The molecule has 80 valence electrons. The van der Waals surface area contributed by atoms with Crippen molar-refractivity contribution in [2.75, 3.05) is 25.1 Å². The second-order valence-corrected chi connectivity index (χ2v) is 3.41. The first-order chi connectivity index (χ1) is 7.40. The van der Waals surface area contributed by atoms with Crippen LogP contribution in [0, 0.1) is 0 Å². The van der Waals surface area contributed by atoms with Crippen molar-refractivity contribution in [2.24, 2.45) is 4.99 Å². The Labute approximate surface area is 89.5 Å². The summed E-state index contributed by atoms with van der Waals surface area (Å²) in [5, 5.41) is 0. The van der Waals surface area contributed by atoms with Crippen molar-refractivity contribution < 1.29 is 4.84 Å². The summed E-state index contributed by atoms with van der Waals surface area (Å²) in [5.74, 6) is 0. The SMILES string of the molecule is CONCc1cccc(N2C=NCC2)c1. The quantitative estimate of drug-likeness (QED) is 0.750. The van der Waals surface area contributed by atoms with Crippen LogP contribution in [0.4, 0.5) is 5.69 Å². The lowest BCUT2D eigenvalue weighted by atomic mass is 10.2. The third-order valence-electron chi connectivity index (χ3n) is 2.35. The first-order valence-electron chi connectivity index (χ1n) is 5.01. The lowest BCUT2D eigenvalue weighted by Gasteiger charge is -2.14. The van der Waals surface area contributed by atoms with Gasteiger partial charge in [-0.25, -0.2) is 0 Å². The van der Waals surface area contributed by atoms with Gasteiger partial charge < -0.3 is 9.74 Å². The van der Waals surface area contributed by atoms with Crippen molar-refractivity contribution in [3.63, 3.8) is 0 Å². The Balaban J connectivity index is 2.08. The lowest BCUT2D eigenvalue weighted by molar-refractivity contribution is 0.0867. The van der Waals surface area contributed by atoms with Crippen LogP contribution in [0.5, 0.6) is 0 Å². The third kappa shape index (κ3) is 2.55. The molecule has 1 aliphatic rings. The van der Waals surface area contributed by atoms with Gasteiger partial charge in [-0.05, 0) is 17.7 Å². The average Bonchev–Trinajstić information content (AvgIpc) is 2.80.